The molecule has 0 radical (unpaired) electrons. The lowest BCUT2D eigenvalue weighted by atomic mass is 9.95. The number of benzene rings is 1. The zero-order valence-electron chi connectivity index (χ0n) is 16.4. The Bertz CT molecular complexity index is 915. The summed E-state index contributed by atoms with van der Waals surface area (Å²) in [6, 6.07) is 6.91. The molecule has 2 heterocycles. The third kappa shape index (κ3) is 4.25. The second-order valence-electron chi connectivity index (χ2n) is 7.43. The van der Waals surface area contributed by atoms with Crippen LogP contribution in [0.5, 0.6) is 0 Å². The molecule has 0 bridgehead atoms. The number of sulfonamides is 1. The molecule has 0 unspecified atom stereocenters. The number of rotatable bonds is 4. The molecule has 28 heavy (non-hydrogen) atoms. The Balaban J connectivity index is 1.75. The van der Waals surface area contributed by atoms with Gasteiger partial charge >= 0.3 is 0 Å². The quantitative estimate of drug-likeness (QED) is 0.804. The van der Waals surface area contributed by atoms with Crippen molar-refractivity contribution in [1.29, 1.82) is 0 Å². The number of carbonyl (C=O) groups is 1. The van der Waals surface area contributed by atoms with E-state index in [0.717, 1.165) is 6.42 Å². The van der Waals surface area contributed by atoms with E-state index in [4.69, 9.17) is 11.6 Å². The second kappa shape index (κ2) is 8.25. The number of likely N-dealkylation sites (tertiary alicyclic amines) is 1. The van der Waals surface area contributed by atoms with Gasteiger partial charge in [-0.15, -0.1) is 4.40 Å². The number of carbonyl (C=O) groups excluding carboxylic acids is 1. The Kier molecular flexibility index (Phi) is 6.15. The highest BCUT2D eigenvalue weighted by molar-refractivity contribution is 8.00. The van der Waals surface area contributed by atoms with Gasteiger partial charge in [0, 0.05) is 35.6 Å². The molecule has 1 amide bonds. The Labute approximate surface area is 171 Å². The Morgan fingerprint density at radius 2 is 1.89 bits per heavy atom. The Morgan fingerprint density at radius 3 is 2.46 bits per heavy atom. The van der Waals surface area contributed by atoms with Crippen molar-refractivity contribution in [3.63, 3.8) is 0 Å². The number of amides is 1. The number of hydrogen-bond acceptors (Lipinski definition) is 4. The van der Waals surface area contributed by atoms with Gasteiger partial charge in [-0.05, 0) is 50.8 Å². The van der Waals surface area contributed by atoms with E-state index in [0.29, 0.717) is 47.9 Å². The van der Waals surface area contributed by atoms with E-state index in [-0.39, 0.29) is 22.8 Å². The lowest BCUT2D eigenvalue weighted by Crippen LogP contribution is -2.44. The SMILES string of the molecule is CC[C@H](C)NC(=O)C1CCN(C2=NS(=O)(=O)C(c3ccc(Cl)cc3)=C2C)CC1. The third-order valence-corrected chi connectivity index (χ3v) is 7.14. The predicted molar refractivity (Wildman–Crippen MR) is 113 cm³/mol. The first-order chi connectivity index (χ1) is 13.2. The molecular formula is C20H26ClN3O3S. The summed E-state index contributed by atoms with van der Waals surface area (Å²) >= 11 is 5.92. The summed E-state index contributed by atoms with van der Waals surface area (Å²) in [6.45, 7) is 7.04. The van der Waals surface area contributed by atoms with Crippen molar-refractivity contribution in [1.82, 2.24) is 10.2 Å². The lowest BCUT2D eigenvalue weighted by molar-refractivity contribution is -0.126. The molecule has 6 nitrogen and oxygen atoms in total. The molecule has 0 spiro atoms. The highest BCUT2D eigenvalue weighted by Gasteiger charge is 2.35. The lowest BCUT2D eigenvalue weighted by Gasteiger charge is -2.33. The summed E-state index contributed by atoms with van der Waals surface area (Å²) < 4.78 is 29.4. The fourth-order valence-corrected chi connectivity index (χ4v) is 5.21. The molecule has 1 aromatic carbocycles. The first kappa shape index (κ1) is 20.9. The van der Waals surface area contributed by atoms with Gasteiger partial charge in [-0.2, -0.15) is 8.42 Å². The summed E-state index contributed by atoms with van der Waals surface area (Å²) in [4.78, 5) is 14.6. The Morgan fingerprint density at radius 1 is 1.29 bits per heavy atom. The van der Waals surface area contributed by atoms with Gasteiger partial charge < -0.3 is 10.2 Å². The van der Waals surface area contributed by atoms with Crippen LogP contribution in [0.25, 0.3) is 4.91 Å². The second-order valence-corrected chi connectivity index (χ2v) is 9.41. The fourth-order valence-electron chi connectivity index (χ4n) is 3.60. The van der Waals surface area contributed by atoms with Crippen LogP contribution < -0.4 is 5.32 Å². The smallest absolute Gasteiger partial charge is 0.285 e. The highest BCUT2D eigenvalue weighted by atomic mass is 35.5. The topological polar surface area (TPSA) is 78.8 Å². The van der Waals surface area contributed by atoms with Crippen LogP contribution in [0.3, 0.4) is 0 Å². The molecule has 1 fully saturated rings. The zero-order valence-corrected chi connectivity index (χ0v) is 18.0. The van der Waals surface area contributed by atoms with Gasteiger partial charge in [-0.3, -0.25) is 4.79 Å². The molecule has 1 N–H and O–H groups in total. The van der Waals surface area contributed by atoms with Crippen LogP contribution in [0.4, 0.5) is 0 Å². The molecule has 1 aromatic rings. The minimum Gasteiger partial charge on any atom is -0.356 e. The van der Waals surface area contributed by atoms with E-state index in [2.05, 4.69) is 9.71 Å². The van der Waals surface area contributed by atoms with Crippen LogP contribution in [0.15, 0.2) is 34.2 Å². The van der Waals surface area contributed by atoms with Gasteiger partial charge in [0.25, 0.3) is 10.0 Å². The zero-order chi connectivity index (χ0) is 20.5. The van der Waals surface area contributed by atoms with Gasteiger partial charge in [-0.1, -0.05) is 30.7 Å². The fraction of sp³-hybridized carbons (Fsp3) is 0.500. The molecule has 0 aliphatic carbocycles. The van der Waals surface area contributed by atoms with Crippen LogP contribution in [-0.4, -0.2) is 44.2 Å². The maximum Gasteiger partial charge on any atom is 0.285 e. The van der Waals surface area contributed by atoms with Crippen molar-refractivity contribution in [2.24, 2.45) is 10.3 Å². The van der Waals surface area contributed by atoms with Crippen molar-refractivity contribution in [2.45, 2.75) is 46.1 Å². The van der Waals surface area contributed by atoms with E-state index in [1.807, 2.05) is 18.7 Å². The molecule has 2 aliphatic rings. The van der Waals surface area contributed by atoms with Gasteiger partial charge in [0.1, 0.15) is 10.7 Å². The third-order valence-electron chi connectivity index (χ3n) is 5.41. The standard InChI is InChI=1S/C20H26ClN3O3S/c1-4-13(2)22-20(25)16-9-11-24(12-10-16)19-14(3)18(28(26,27)23-19)15-5-7-17(21)8-6-15/h5-8,13,16H,4,9-12H2,1-3H3,(H,22,25)/t13-/m0/s1. The van der Waals surface area contributed by atoms with Crippen LogP contribution in [0.2, 0.25) is 5.02 Å². The molecule has 0 saturated carbocycles. The number of nitrogens with zero attached hydrogens (tertiary/aromatic N) is 2. The average molecular weight is 424 g/mol. The number of hydrogen-bond donors (Lipinski definition) is 1. The first-order valence-electron chi connectivity index (χ1n) is 9.60. The van der Waals surface area contributed by atoms with E-state index < -0.39 is 10.0 Å². The largest absolute Gasteiger partial charge is 0.356 e. The maximum absolute atomic E-state index is 12.7. The normalized spacial score (nSPS) is 20.9. The van der Waals surface area contributed by atoms with Crippen LogP contribution in [-0.2, 0) is 14.8 Å². The minimum absolute atomic E-state index is 0.0381. The van der Waals surface area contributed by atoms with E-state index in [1.54, 1.807) is 31.2 Å². The highest BCUT2D eigenvalue weighted by Crippen LogP contribution is 2.35. The van der Waals surface area contributed by atoms with Crippen LogP contribution in [0.1, 0.15) is 45.6 Å². The average Bonchev–Trinajstić information content (AvgIpc) is 2.91. The van der Waals surface area contributed by atoms with E-state index in [1.165, 1.54) is 0 Å². The summed E-state index contributed by atoms with van der Waals surface area (Å²) in [5, 5.41) is 3.59. The molecule has 8 heteroatoms. The van der Waals surface area contributed by atoms with Crippen molar-refractivity contribution in [2.75, 3.05) is 13.1 Å². The monoisotopic (exact) mass is 423 g/mol. The van der Waals surface area contributed by atoms with Crippen LogP contribution in [0, 0.1) is 5.92 Å². The summed E-state index contributed by atoms with van der Waals surface area (Å²) in [6.07, 6.45) is 2.27. The van der Waals surface area contributed by atoms with Crippen molar-refractivity contribution in [3.05, 3.63) is 40.4 Å². The van der Waals surface area contributed by atoms with Gasteiger partial charge in [0.15, 0.2) is 0 Å². The molecule has 2 aliphatic heterocycles. The molecule has 0 aromatic heterocycles. The van der Waals surface area contributed by atoms with Crippen molar-refractivity contribution < 1.29 is 13.2 Å². The van der Waals surface area contributed by atoms with Gasteiger partial charge in [0.2, 0.25) is 5.91 Å². The summed E-state index contributed by atoms with van der Waals surface area (Å²) in [5.41, 5.74) is 1.23. The van der Waals surface area contributed by atoms with Crippen molar-refractivity contribution in [3.8, 4) is 0 Å². The molecule has 1 saturated heterocycles. The number of nitrogens with one attached hydrogen (secondary N) is 1. The number of piperidine rings is 1. The molecule has 1 atom stereocenters. The van der Waals surface area contributed by atoms with Crippen molar-refractivity contribution >= 4 is 38.3 Å². The van der Waals surface area contributed by atoms with Gasteiger partial charge in [0.05, 0.1) is 0 Å². The van der Waals surface area contributed by atoms with Gasteiger partial charge in [-0.25, -0.2) is 0 Å². The van der Waals surface area contributed by atoms with E-state index >= 15 is 0 Å². The number of amidine groups is 1. The molecule has 3 rings (SSSR count). The number of halogens is 1. The summed E-state index contributed by atoms with van der Waals surface area (Å²) in [5.74, 6) is 0.540. The minimum atomic E-state index is -3.75. The molecule has 152 valence electrons. The summed E-state index contributed by atoms with van der Waals surface area (Å²) in [7, 11) is -3.75. The molecular weight excluding hydrogens is 398 g/mol. The van der Waals surface area contributed by atoms with Crippen LogP contribution >= 0.6 is 11.6 Å². The first-order valence-corrected chi connectivity index (χ1v) is 11.4. The Hall–Kier alpha value is -1.86. The van der Waals surface area contributed by atoms with E-state index in [9.17, 15) is 13.2 Å². The maximum atomic E-state index is 12.7. The predicted octanol–water partition coefficient (Wildman–Crippen LogP) is 3.44.